The Bertz CT molecular complexity index is 609. The molecule has 0 saturated carbocycles. The van der Waals surface area contributed by atoms with Crippen molar-refractivity contribution in [2.45, 2.75) is 38.7 Å². The summed E-state index contributed by atoms with van der Waals surface area (Å²) < 4.78 is 10.8. The van der Waals surface area contributed by atoms with E-state index in [1.54, 1.807) is 13.3 Å². The standard InChI is InChI=1S/C16H22N4O2/c1-11(2)15-18-16(22-19-15)12-6-7-14(17-9-12)20-8-4-5-13(10-20)21-3/h6-7,9,11,13H,4-5,8,10H2,1-3H3/t13-/m1/s1. The highest BCUT2D eigenvalue weighted by Gasteiger charge is 2.20. The summed E-state index contributed by atoms with van der Waals surface area (Å²) in [6, 6.07) is 3.99. The summed E-state index contributed by atoms with van der Waals surface area (Å²) in [5, 5.41) is 3.98. The summed E-state index contributed by atoms with van der Waals surface area (Å²) in [6.07, 6.45) is 4.33. The maximum atomic E-state index is 5.46. The zero-order valence-electron chi connectivity index (χ0n) is 13.3. The second-order valence-corrected chi connectivity index (χ2v) is 5.96. The molecule has 6 nitrogen and oxygen atoms in total. The van der Waals surface area contributed by atoms with Crippen molar-refractivity contribution in [2.24, 2.45) is 0 Å². The van der Waals surface area contributed by atoms with E-state index in [9.17, 15) is 0 Å². The van der Waals surface area contributed by atoms with Crippen LogP contribution in [0.4, 0.5) is 5.82 Å². The van der Waals surface area contributed by atoms with Crippen LogP contribution in [-0.2, 0) is 4.74 Å². The fraction of sp³-hybridized carbons (Fsp3) is 0.562. The molecule has 2 aromatic rings. The lowest BCUT2D eigenvalue weighted by atomic mass is 10.1. The van der Waals surface area contributed by atoms with Crippen LogP contribution in [0.25, 0.3) is 11.5 Å². The monoisotopic (exact) mass is 302 g/mol. The zero-order chi connectivity index (χ0) is 15.5. The van der Waals surface area contributed by atoms with Gasteiger partial charge in [-0.05, 0) is 25.0 Å². The van der Waals surface area contributed by atoms with Gasteiger partial charge in [-0.2, -0.15) is 4.98 Å². The molecular formula is C16H22N4O2. The van der Waals surface area contributed by atoms with Crippen LogP contribution in [0.2, 0.25) is 0 Å². The molecule has 0 radical (unpaired) electrons. The number of rotatable bonds is 4. The van der Waals surface area contributed by atoms with Crippen molar-refractivity contribution in [1.82, 2.24) is 15.1 Å². The first-order valence-electron chi connectivity index (χ1n) is 7.75. The van der Waals surface area contributed by atoms with E-state index in [0.717, 1.165) is 43.1 Å². The van der Waals surface area contributed by atoms with Crippen molar-refractivity contribution in [3.8, 4) is 11.5 Å². The Morgan fingerprint density at radius 2 is 2.23 bits per heavy atom. The third kappa shape index (κ3) is 3.11. The first kappa shape index (κ1) is 15.0. The van der Waals surface area contributed by atoms with Crippen LogP contribution >= 0.6 is 0 Å². The highest BCUT2D eigenvalue weighted by Crippen LogP contribution is 2.23. The van der Waals surface area contributed by atoms with Crippen LogP contribution in [0.5, 0.6) is 0 Å². The minimum absolute atomic E-state index is 0.254. The van der Waals surface area contributed by atoms with E-state index in [0.29, 0.717) is 12.0 Å². The van der Waals surface area contributed by atoms with Crippen LogP contribution in [0.1, 0.15) is 38.4 Å². The van der Waals surface area contributed by atoms with E-state index < -0.39 is 0 Å². The van der Waals surface area contributed by atoms with Gasteiger partial charge in [-0.25, -0.2) is 4.98 Å². The van der Waals surface area contributed by atoms with E-state index in [-0.39, 0.29) is 5.92 Å². The molecule has 1 saturated heterocycles. The number of pyridine rings is 1. The molecule has 6 heteroatoms. The van der Waals surface area contributed by atoms with E-state index in [1.807, 2.05) is 26.0 Å². The number of nitrogens with zero attached hydrogens (tertiary/aromatic N) is 4. The Hall–Kier alpha value is -1.95. The highest BCUT2D eigenvalue weighted by molar-refractivity contribution is 5.54. The Morgan fingerprint density at radius 1 is 1.36 bits per heavy atom. The Morgan fingerprint density at radius 3 is 2.86 bits per heavy atom. The van der Waals surface area contributed by atoms with Crippen LogP contribution in [-0.4, -0.2) is 41.4 Å². The van der Waals surface area contributed by atoms with Gasteiger partial charge in [0.2, 0.25) is 0 Å². The van der Waals surface area contributed by atoms with Gasteiger partial charge in [-0.1, -0.05) is 19.0 Å². The number of aromatic nitrogens is 3. The second kappa shape index (κ2) is 6.44. The summed E-state index contributed by atoms with van der Waals surface area (Å²) in [6.45, 7) is 5.99. The predicted octanol–water partition coefficient (Wildman–Crippen LogP) is 2.87. The van der Waals surface area contributed by atoms with Crippen molar-refractivity contribution >= 4 is 5.82 Å². The lowest BCUT2D eigenvalue weighted by Crippen LogP contribution is -2.39. The van der Waals surface area contributed by atoms with Crippen molar-refractivity contribution in [3.05, 3.63) is 24.2 Å². The molecule has 0 N–H and O–H groups in total. The number of anilines is 1. The molecule has 0 spiro atoms. The summed E-state index contributed by atoms with van der Waals surface area (Å²) >= 11 is 0. The average molecular weight is 302 g/mol. The summed E-state index contributed by atoms with van der Waals surface area (Å²) in [5.74, 6) is 2.47. The fourth-order valence-electron chi connectivity index (χ4n) is 2.62. The van der Waals surface area contributed by atoms with Crippen LogP contribution in [0, 0.1) is 0 Å². The van der Waals surface area contributed by atoms with Gasteiger partial charge in [0.15, 0.2) is 5.82 Å². The first-order chi connectivity index (χ1) is 10.7. The van der Waals surface area contributed by atoms with Crippen LogP contribution < -0.4 is 4.90 Å². The van der Waals surface area contributed by atoms with Gasteiger partial charge in [0.25, 0.3) is 5.89 Å². The molecule has 1 fully saturated rings. The molecule has 0 amide bonds. The third-order valence-corrected chi connectivity index (χ3v) is 3.99. The van der Waals surface area contributed by atoms with E-state index >= 15 is 0 Å². The summed E-state index contributed by atoms with van der Waals surface area (Å²) in [7, 11) is 1.77. The first-order valence-corrected chi connectivity index (χ1v) is 7.75. The summed E-state index contributed by atoms with van der Waals surface area (Å²) in [4.78, 5) is 11.2. The minimum atomic E-state index is 0.254. The van der Waals surface area contributed by atoms with Gasteiger partial charge >= 0.3 is 0 Å². The van der Waals surface area contributed by atoms with Gasteiger partial charge in [0, 0.05) is 32.3 Å². The average Bonchev–Trinajstić information content (AvgIpc) is 3.05. The number of ether oxygens (including phenoxy) is 1. The molecule has 2 aromatic heterocycles. The smallest absolute Gasteiger partial charge is 0.259 e. The Labute approximate surface area is 130 Å². The zero-order valence-corrected chi connectivity index (χ0v) is 13.3. The van der Waals surface area contributed by atoms with E-state index in [2.05, 4.69) is 20.0 Å². The molecule has 3 rings (SSSR count). The molecule has 0 aliphatic carbocycles. The molecule has 1 atom stereocenters. The molecule has 0 bridgehead atoms. The molecule has 3 heterocycles. The van der Waals surface area contributed by atoms with E-state index in [4.69, 9.17) is 9.26 Å². The quantitative estimate of drug-likeness (QED) is 0.865. The molecule has 118 valence electrons. The summed E-state index contributed by atoms with van der Waals surface area (Å²) in [5.41, 5.74) is 0.850. The molecule has 0 unspecified atom stereocenters. The van der Waals surface area contributed by atoms with Crippen LogP contribution in [0.3, 0.4) is 0 Å². The lowest BCUT2D eigenvalue weighted by Gasteiger charge is -2.32. The fourth-order valence-corrected chi connectivity index (χ4v) is 2.62. The van der Waals surface area contributed by atoms with Crippen molar-refractivity contribution < 1.29 is 9.26 Å². The largest absolute Gasteiger partial charge is 0.380 e. The number of hydrogen-bond donors (Lipinski definition) is 0. The third-order valence-electron chi connectivity index (χ3n) is 3.99. The van der Waals surface area contributed by atoms with Gasteiger partial charge in [0.1, 0.15) is 5.82 Å². The van der Waals surface area contributed by atoms with Crippen LogP contribution in [0.15, 0.2) is 22.9 Å². The molecule has 0 aromatic carbocycles. The van der Waals surface area contributed by atoms with Gasteiger partial charge < -0.3 is 14.2 Å². The molecular weight excluding hydrogens is 280 g/mol. The maximum absolute atomic E-state index is 5.46. The van der Waals surface area contributed by atoms with Crippen molar-refractivity contribution in [2.75, 3.05) is 25.1 Å². The molecule has 22 heavy (non-hydrogen) atoms. The maximum Gasteiger partial charge on any atom is 0.259 e. The number of methoxy groups -OCH3 is 1. The van der Waals surface area contributed by atoms with Gasteiger partial charge in [0.05, 0.1) is 11.7 Å². The normalized spacial score (nSPS) is 18.9. The Balaban J connectivity index is 1.74. The highest BCUT2D eigenvalue weighted by atomic mass is 16.5. The molecule has 1 aliphatic rings. The lowest BCUT2D eigenvalue weighted by molar-refractivity contribution is 0.0891. The van der Waals surface area contributed by atoms with Gasteiger partial charge in [-0.15, -0.1) is 0 Å². The van der Waals surface area contributed by atoms with Gasteiger partial charge in [-0.3, -0.25) is 0 Å². The number of hydrogen-bond acceptors (Lipinski definition) is 6. The topological polar surface area (TPSA) is 64.3 Å². The minimum Gasteiger partial charge on any atom is -0.380 e. The second-order valence-electron chi connectivity index (χ2n) is 5.96. The predicted molar refractivity (Wildman–Crippen MR) is 83.9 cm³/mol. The Kier molecular flexibility index (Phi) is 4.38. The molecule has 1 aliphatic heterocycles. The number of piperidine rings is 1. The van der Waals surface area contributed by atoms with E-state index in [1.165, 1.54) is 0 Å². The van der Waals surface area contributed by atoms with Crippen molar-refractivity contribution in [3.63, 3.8) is 0 Å². The SMILES string of the molecule is CO[C@@H]1CCCN(c2ccc(-c3nc(C(C)C)no3)cn2)C1. The van der Waals surface area contributed by atoms with Crippen molar-refractivity contribution in [1.29, 1.82) is 0 Å².